The van der Waals surface area contributed by atoms with E-state index in [-0.39, 0.29) is 23.0 Å². The van der Waals surface area contributed by atoms with E-state index in [0.29, 0.717) is 11.3 Å². The van der Waals surface area contributed by atoms with E-state index in [1.54, 1.807) is 13.2 Å². The Labute approximate surface area is 139 Å². The summed E-state index contributed by atoms with van der Waals surface area (Å²) in [5.74, 6) is 0.980. The highest BCUT2D eigenvalue weighted by atomic mass is 35.5. The van der Waals surface area contributed by atoms with Crippen molar-refractivity contribution < 1.29 is 19.4 Å². The molecule has 2 aromatic rings. The molecule has 2 aromatic carbocycles. The van der Waals surface area contributed by atoms with Crippen molar-refractivity contribution in [1.82, 2.24) is 0 Å². The van der Waals surface area contributed by atoms with Crippen molar-refractivity contribution in [2.75, 3.05) is 7.11 Å². The van der Waals surface area contributed by atoms with E-state index in [4.69, 9.17) is 21.1 Å². The second-order valence-electron chi connectivity index (χ2n) is 4.95. The normalized spacial score (nSPS) is 10.7. The maximum Gasteiger partial charge on any atom is 0.137 e. The highest BCUT2D eigenvalue weighted by molar-refractivity contribution is 6.32. The average Bonchev–Trinajstić information content (AvgIpc) is 2.52. The van der Waals surface area contributed by atoms with E-state index >= 15 is 0 Å². The summed E-state index contributed by atoms with van der Waals surface area (Å²) in [6.07, 6.45) is 3.39. The van der Waals surface area contributed by atoms with Gasteiger partial charge in [0.1, 0.15) is 23.0 Å². The van der Waals surface area contributed by atoms with Crippen LogP contribution in [-0.4, -0.2) is 18.0 Å². The number of para-hydroxylation sites is 1. The molecule has 0 saturated heterocycles. The summed E-state index contributed by atoms with van der Waals surface area (Å²) in [5, 5.41) is 9.90. The molecule has 0 unspecified atom stereocenters. The lowest BCUT2D eigenvalue weighted by molar-refractivity contribution is -0.116. The predicted octanol–water partition coefficient (Wildman–Crippen LogP) is 4.24. The van der Waals surface area contributed by atoms with Crippen LogP contribution in [0.15, 0.2) is 42.7 Å². The lowest BCUT2D eigenvalue weighted by Gasteiger charge is -2.09. The zero-order valence-corrected chi connectivity index (χ0v) is 13.6. The van der Waals surface area contributed by atoms with Gasteiger partial charge in [0.2, 0.25) is 0 Å². The Morgan fingerprint density at radius 3 is 2.70 bits per heavy atom. The van der Waals surface area contributed by atoms with Gasteiger partial charge in [0, 0.05) is 23.6 Å². The van der Waals surface area contributed by atoms with Crippen LogP contribution in [0.4, 0.5) is 0 Å². The first kappa shape index (κ1) is 16.9. The maximum absolute atomic E-state index is 11.3. The van der Waals surface area contributed by atoms with Gasteiger partial charge in [0.05, 0.1) is 18.4 Å². The van der Waals surface area contributed by atoms with Crippen LogP contribution < -0.4 is 9.47 Å². The Bertz CT molecular complexity index is 738. The highest BCUT2D eigenvalue weighted by Crippen LogP contribution is 2.32. The first-order valence-electron chi connectivity index (χ1n) is 6.98. The molecule has 5 heteroatoms. The number of hydrogen-bond acceptors (Lipinski definition) is 4. The largest absolute Gasteiger partial charge is 0.506 e. The molecule has 0 atom stereocenters. The molecule has 23 heavy (non-hydrogen) atoms. The fraction of sp³-hybridized carbons (Fsp3) is 0.167. The number of phenolic OH excluding ortho intramolecular Hbond substituents is 1. The number of ether oxygens (including phenoxy) is 2. The van der Waals surface area contributed by atoms with Gasteiger partial charge in [-0.05, 0) is 25.1 Å². The number of halogens is 1. The summed E-state index contributed by atoms with van der Waals surface area (Å²) in [6, 6.07) is 10.4. The Morgan fingerprint density at radius 1 is 1.26 bits per heavy atom. The van der Waals surface area contributed by atoms with E-state index in [2.05, 4.69) is 0 Å². The summed E-state index contributed by atoms with van der Waals surface area (Å²) < 4.78 is 10.8. The standard InChI is InChI=1S/C18H17ClO4/c1-12(20)9-14-10-15(19)16(21)11-18(14)23-8-7-13-5-3-4-6-17(13)22-2/h3-8,10-11,21H,9H2,1-2H3/b8-7+. The smallest absolute Gasteiger partial charge is 0.137 e. The first-order chi connectivity index (χ1) is 11.0. The van der Waals surface area contributed by atoms with Gasteiger partial charge >= 0.3 is 0 Å². The molecule has 0 bridgehead atoms. The molecular weight excluding hydrogens is 316 g/mol. The van der Waals surface area contributed by atoms with Crippen LogP contribution in [0.25, 0.3) is 6.08 Å². The lowest BCUT2D eigenvalue weighted by atomic mass is 10.1. The molecule has 0 aliphatic carbocycles. The van der Waals surface area contributed by atoms with E-state index in [9.17, 15) is 9.90 Å². The molecule has 0 heterocycles. The third kappa shape index (κ3) is 4.50. The van der Waals surface area contributed by atoms with Crippen molar-refractivity contribution >= 4 is 23.5 Å². The zero-order valence-electron chi connectivity index (χ0n) is 12.9. The molecule has 0 aromatic heterocycles. The summed E-state index contributed by atoms with van der Waals surface area (Å²) >= 11 is 5.89. The van der Waals surface area contributed by atoms with Crippen molar-refractivity contribution in [1.29, 1.82) is 0 Å². The first-order valence-corrected chi connectivity index (χ1v) is 7.36. The van der Waals surface area contributed by atoms with E-state index in [0.717, 1.165) is 11.3 Å². The van der Waals surface area contributed by atoms with Gasteiger partial charge in [0.15, 0.2) is 0 Å². The van der Waals surface area contributed by atoms with Crippen LogP contribution in [0.2, 0.25) is 5.02 Å². The molecule has 0 spiro atoms. The molecule has 1 N–H and O–H groups in total. The van der Waals surface area contributed by atoms with Crippen LogP contribution in [0.3, 0.4) is 0 Å². The SMILES string of the molecule is COc1ccccc1/C=C/Oc1cc(O)c(Cl)cc1CC(C)=O. The van der Waals surface area contributed by atoms with Gasteiger partial charge in [-0.1, -0.05) is 29.8 Å². The quantitative estimate of drug-likeness (QED) is 0.804. The van der Waals surface area contributed by atoms with E-state index in [1.807, 2.05) is 24.3 Å². The number of phenols is 1. The Hall–Kier alpha value is -2.46. The minimum Gasteiger partial charge on any atom is -0.506 e. The van der Waals surface area contributed by atoms with Crippen LogP contribution in [0.1, 0.15) is 18.1 Å². The van der Waals surface area contributed by atoms with Crippen molar-refractivity contribution in [2.45, 2.75) is 13.3 Å². The highest BCUT2D eigenvalue weighted by Gasteiger charge is 2.11. The molecule has 0 aliphatic rings. The predicted molar refractivity (Wildman–Crippen MR) is 90.2 cm³/mol. The number of aromatic hydroxyl groups is 1. The molecule has 120 valence electrons. The second-order valence-corrected chi connectivity index (χ2v) is 5.36. The third-order valence-corrected chi connectivity index (χ3v) is 3.45. The van der Waals surface area contributed by atoms with Gasteiger partial charge in [-0.2, -0.15) is 0 Å². The van der Waals surface area contributed by atoms with Crippen molar-refractivity contribution in [3.63, 3.8) is 0 Å². The zero-order chi connectivity index (χ0) is 16.8. The molecule has 0 amide bonds. The molecule has 0 fully saturated rings. The van der Waals surface area contributed by atoms with Crippen molar-refractivity contribution in [2.24, 2.45) is 0 Å². The minimum absolute atomic E-state index is 0.0229. The Balaban J connectivity index is 2.24. The Morgan fingerprint density at radius 2 is 2.00 bits per heavy atom. The van der Waals surface area contributed by atoms with Gasteiger partial charge in [-0.25, -0.2) is 0 Å². The van der Waals surface area contributed by atoms with E-state index in [1.165, 1.54) is 25.3 Å². The number of rotatable bonds is 6. The fourth-order valence-corrected chi connectivity index (χ4v) is 2.27. The number of methoxy groups -OCH3 is 1. The maximum atomic E-state index is 11.3. The molecule has 0 aliphatic heterocycles. The topological polar surface area (TPSA) is 55.8 Å². The molecule has 2 rings (SSSR count). The average molecular weight is 333 g/mol. The van der Waals surface area contributed by atoms with Gasteiger partial charge in [0.25, 0.3) is 0 Å². The summed E-state index contributed by atoms with van der Waals surface area (Å²) in [5.41, 5.74) is 1.46. The summed E-state index contributed by atoms with van der Waals surface area (Å²) in [4.78, 5) is 11.3. The van der Waals surface area contributed by atoms with Crippen LogP contribution in [-0.2, 0) is 11.2 Å². The number of ketones is 1. The molecule has 4 nitrogen and oxygen atoms in total. The lowest BCUT2D eigenvalue weighted by Crippen LogP contribution is -1.99. The van der Waals surface area contributed by atoms with Crippen molar-refractivity contribution in [3.05, 3.63) is 58.8 Å². The second kappa shape index (κ2) is 7.70. The van der Waals surface area contributed by atoms with Crippen LogP contribution in [0, 0.1) is 0 Å². The van der Waals surface area contributed by atoms with Gasteiger partial charge in [-0.15, -0.1) is 0 Å². The fourth-order valence-electron chi connectivity index (χ4n) is 2.08. The monoisotopic (exact) mass is 332 g/mol. The number of carbonyl (C=O) groups excluding carboxylic acids is 1. The van der Waals surface area contributed by atoms with Gasteiger partial charge < -0.3 is 14.6 Å². The van der Waals surface area contributed by atoms with Crippen molar-refractivity contribution in [3.8, 4) is 17.2 Å². The van der Waals surface area contributed by atoms with Gasteiger partial charge in [-0.3, -0.25) is 4.79 Å². The third-order valence-electron chi connectivity index (χ3n) is 3.15. The summed E-state index contributed by atoms with van der Waals surface area (Å²) in [7, 11) is 1.59. The molecule has 0 saturated carbocycles. The minimum atomic E-state index is -0.0975. The Kier molecular flexibility index (Phi) is 5.66. The number of hydrogen-bond donors (Lipinski definition) is 1. The number of benzene rings is 2. The van der Waals surface area contributed by atoms with E-state index < -0.39 is 0 Å². The van der Waals surface area contributed by atoms with Crippen LogP contribution in [0.5, 0.6) is 17.2 Å². The number of carbonyl (C=O) groups is 1. The number of Topliss-reactive ketones (excluding diaryl/α,β-unsaturated/α-hetero) is 1. The molecule has 0 radical (unpaired) electrons. The summed E-state index contributed by atoms with van der Waals surface area (Å²) in [6.45, 7) is 1.48. The molecular formula is C18H17ClO4. The van der Waals surface area contributed by atoms with Crippen LogP contribution >= 0.6 is 11.6 Å².